The minimum Gasteiger partial charge on any atom is -0.330 e. The van der Waals surface area contributed by atoms with Crippen molar-refractivity contribution >= 4 is 10.8 Å². The van der Waals surface area contributed by atoms with E-state index in [4.69, 9.17) is 5.73 Å². The largest absolute Gasteiger partial charge is 0.416 e. The summed E-state index contributed by atoms with van der Waals surface area (Å²) in [5, 5.41) is 1.41. The third kappa shape index (κ3) is 2.58. The first kappa shape index (κ1) is 11.9. The first-order valence-electron chi connectivity index (χ1n) is 5.30. The molecule has 2 aromatic rings. The minimum atomic E-state index is -4.29. The Hall–Kier alpha value is -1.55. The molecule has 0 heterocycles. The lowest BCUT2D eigenvalue weighted by molar-refractivity contribution is -0.137. The Labute approximate surface area is 97.0 Å². The average Bonchev–Trinajstić information content (AvgIpc) is 2.27. The van der Waals surface area contributed by atoms with Crippen LogP contribution in [0.1, 0.15) is 11.1 Å². The lowest BCUT2D eigenvalue weighted by Crippen LogP contribution is -2.04. The standard InChI is InChI=1S/C13H12F3N/c14-13(15,16)12-4-3-10-7-9(5-6-17)1-2-11(10)8-12/h1-4,7-8H,5-6,17H2. The van der Waals surface area contributed by atoms with Gasteiger partial charge in [0, 0.05) is 0 Å². The Bertz CT molecular complexity index is 532. The second kappa shape index (κ2) is 4.37. The highest BCUT2D eigenvalue weighted by Crippen LogP contribution is 2.31. The zero-order valence-corrected chi connectivity index (χ0v) is 9.09. The summed E-state index contributed by atoms with van der Waals surface area (Å²) >= 11 is 0. The fraction of sp³-hybridized carbons (Fsp3) is 0.231. The van der Waals surface area contributed by atoms with Gasteiger partial charge in [-0.3, -0.25) is 0 Å². The van der Waals surface area contributed by atoms with E-state index < -0.39 is 11.7 Å². The molecule has 0 aliphatic heterocycles. The van der Waals surface area contributed by atoms with Gasteiger partial charge < -0.3 is 5.73 Å². The molecule has 90 valence electrons. The van der Waals surface area contributed by atoms with E-state index in [1.165, 1.54) is 12.1 Å². The topological polar surface area (TPSA) is 26.0 Å². The first-order valence-corrected chi connectivity index (χ1v) is 5.30. The molecule has 0 atom stereocenters. The molecule has 0 unspecified atom stereocenters. The van der Waals surface area contributed by atoms with E-state index in [9.17, 15) is 13.2 Å². The number of hydrogen-bond acceptors (Lipinski definition) is 1. The molecule has 0 bridgehead atoms. The van der Waals surface area contributed by atoms with Gasteiger partial charge in [0.05, 0.1) is 5.56 Å². The quantitative estimate of drug-likeness (QED) is 0.854. The smallest absolute Gasteiger partial charge is 0.330 e. The van der Waals surface area contributed by atoms with Crippen molar-refractivity contribution in [2.24, 2.45) is 5.73 Å². The molecule has 2 rings (SSSR count). The van der Waals surface area contributed by atoms with Crippen molar-refractivity contribution in [2.75, 3.05) is 6.54 Å². The minimum absolute atomic E-state index is 0.534. The van der Waals surface area contributed by atoms with Crippen LogP contribution in [0.4, 0.5) is 13.2 Å². The van der Waals surface area contributed by atoms with Gasteiger partial charge in [-0.15, -0.1) is 0 Å². The highest BCUT2D eigenvalue weighted by Gasteiger charge is 2.30. The van der Waals surface area contributed by atoms with Gasteiger partial charge in [0.2, 0.25) is 0 Å². The van der Waals surface area contributed by atoms with Crippen LogP contribution in [0.3, 0.4) is 0 Å². The van der Waals surface area contributed by atoms with E-state index in [0.717, 1.165) is 23.4 Å². The van der Waals surface area contributed by atoms with E-state index in [2.05, 4.69) is 0 Å². The summed E-state index contributed by atoms with van der Waals surface area (Å²) in [6.45, 7) is 0.534. The normalized spacial score (nSPS) is 12.0. The second-order valence-corrected chi connectivity index (χ2v) is 3.93. The summed E-state index contributed by atoms with van der Waals surface area (Å²) in [4.78, 5) is 0. The van der Waals surface area contributed by atoms with Crippen molar-refractivity contribution in [3.05, 3.63) is 47.5 Å². The van der Waals surface area contributed by atoms with Gasteiger partial charge in [-0.2, -0.15) is 13.2 Å². The molecule has 0 saturated heterocycles. The molecule has 0 aliphatic rings. The van der Waals surface area contributed by atoms with Crippen LogP contribution < -0.4 is 5.73 Å². The van der Waals surface area contributed by atoms with Crippen LogP contribution in [0.15, 0.2) is 36.4 Å². The van der Waals surface area contributed by atoms with E-state index in [1.807, 2.05) is 12.1 Å². The highest BCUT2D eigenvalue weighted by atomic mass is 19.4. The summed E-state index contributed by atoms with van der Waals surface area (Å²) in [6, 6.07) is 9.17. The number of halogens is 3. The van der Waals surface area contributed by atoms with Gasteiger partial charge in [0.25, 0.3) is 0 Å². The number of hydrogen-bond donors (Lipinski definition) is 1. The van der Waals surface area contributed by atoms with Crippen LogP contribution in [0.25, 0.3) is 10.8 Å². The Morgan fingerprint density at radius 2 is 1.59 bits per heavy atom. The van der Waals surface area contributed by atoms with Crippen molar-refractivity contribution < 1.29 is 13.2 Å². The van der Waals surface area contributed by atoms with Gasteiger partial charge >= 0.3 is 6.18 Å². The monoisotopic (exact) mass is 239 g/mol. The van der Waals surface area contributed by atoms with Crippen LogP contribution in [-0.4, -0.2) is 6.54 Å². The third-order valence-corrected chi connectivity index (χ3v) is 2.66. The molecule has 4 heteroatoms. The molecular formula is C13H12F3N. The van der Waals surface area contributed by atoms with Crippen LogP contribution in [-0.2, 0) is 12.6 Å². The zero-order chi connectivity index (χ0) is 12.5. The van der Waals surface area contributed by atoms with E-state index in [0.29, 0.717) is 11.9 Å². The molecule has 17 heavy (non-hydrogen) atoms. The summed E-state index contributed by atoms with van der Waals surface area (Å²) in [5.74, 6) is 0. The van der Waals surface area contributed by atoms with E-state index in [-0.39, 0.29) is 0 Å². The molecule has 0 radical (unpaired) electrons. The molecule has 0 fully saturated rings. The van der Waals surface area contributed by atoms with Crippen LogP contribution in [0.2, 0.25) is 0 Å². The van der Waals surface area contributed by atoms with Crippen LogP contribution in [0, 0.1) is 0 Å². The lowest BCUT2D eigenvalue weighted by atomic mass is 10.0. The number of benzene rings is 2. The average molecular weight is 239 g/mol. The fourth-order valence-corrected chi connectivity index (χ4v) is 1.79. The molecule has 2 aromatic carbocycles. The van der Waals surface area contributed by atoms with E-state index >= 15 is 0 Å². The van der Waals surface area contributed by atoms with Gasteiger partial charge in [-0.25, -0.2) is 0 Å². The summed E-state index contributed by atoms with van der Waals surface area (Å²) in [5.41, 5.74) is 5.86. The van der Waals surface area contributed by atoms with Crippen molar-refractivity contribution in [1.82, 2.24) is 0 Å². The predicted molar refractivity (Wildman–Crippen MR) is 61.7 cm³/mol. The number of rotatable bonds is 2. The van der Waals surface area contributed by atoms with Crippen molar-refractivity contribution in [1.29, 1.82) is 0 Å². The molecule has 0 aliphatic carbocycles. The number of fused-ring (bicyclic) bond motifs is 1. The highest BCUT2D eigenvalue weighted by molar-refractivity contribution is 5.84. The molecular weight excluding hydrogens is 227 g/mol. The zero-order valence-electron chi connectivity index (χ0n) is 9.09. The van der Waals surface area contributed by atoms with Crippen molar-refractivity contribution in [3.63, 3.8) is 0 Å². The molecule has 0 spiro atoms. The lowest BCUT2D eigenvalue weighted by Gasteiger charge is -2.08. The van der Waals surface area contributed by atoms with Crippen molar-refractivity contribution in [3.8, 4) is 0 Å². The third-order valence-electron chi connectivity index (χ3n) is 2.66. The molecule has 0 saturated carbocycles. The molecule has 2 N–H and O–H groups in total. The molecule has 1 nitrogen and oxygen atoms in total. The van der Waals surface area contributed by atoms with Gasteiger partial charge in [0.15, 0.2) is 0 Å². The van der Waals surface area contributed by atoms with Gasteiger partial charge in [-0.05, 0) is 41.4 Å². The predicted octanol–water partition coefficient (Wildman–Crippen LogP) is 3.36. The maximum atomic E-state index is 12.5. The maximum Gasteiger partial charge on any atom is 0.416 e. The second-order valence-electron chi connectivity index (χ2n) is 3.93. The maximum absolute atomic E-state index is 12.5. The first-order chi connectivity index (χ1) is 8.00. The summed E-state index contributed by atoms with van der Waals surface area (Å²) < 4.78 is 37.5. The number of nitrogens with two attached hydrogens (primary N) is 1. The van der Waals surface area contributed by atoms with Gasteiger partial charge in [0.1, 0.15) is 0 Å². The summed E-state index contributed by atoms with van der Waals surface area (Å²) in [6.07, 6.45) is -3.55. The van der Waals surface area contributed by atoms with Crippen LogP contribution in [0.5, 0.6) is 0 Å². The Balaban J connectivity index is 2.47. The van der Waals surface area contributed by atoms with E-state index in [1.54, 1.807) is 6.07 Å². The Kier molecular flexibility index (Phi) is 3.07. The summed E-state index contributed by atoms with van der Waals surface area (Å²) in [7, 11) is 0. The Morgan fingerprint density at radius 3 is 2.24 bits per heavy atom. The molecule has 0 aromatic heterocycles. The number of alkyl halides is 3. The van der Waals surface area contributed by atoms with Gasteiger partial charge in [-0.1, -0.05) is 24.3 Å². The van der Waals surface area contributed by atoms with Crippen molar-refractivity contribution in [2.45, 2.75) is 12.6 Å². The SMILES string of the molecule is NCCc1ccc2cc(C(F)(F)F)ccc2c1. The van der Waals surface area contributed by atoms with Crippen LogP contribution >= 0.6 is 0 Å². The molecule has 0 amide bonds. The Morgan fingerprint density at radius 1 is 0.941 bits per heavy atom. The fourth-order valence-electron chi connectivity index (χ4n) is 1.79.